The van der Waals surface area contributed by atoms with E-state index >= 15 is 0 Å². The molecule has 0 radical (unpaired) electrons. The number of hydrogen-bond acceptors (Lipinski definition) is 4. The summed E-state index contributed by atoms with van der Waals surface area (Å²) in [6.07, 6.45) is 2.29. The number of hydrogen-bond donors (Lipinski definition) is 1. The molecule has 2 aliphatic heterocycles. The third-order valence-corrected chi connectivity index (χ3v) is 7.07. The topological polar surface area (TPSA) is 66.5 Å². The Morgan fingerprint density at radius 1 is 1.52 bits per heavy atom. The van der Waals surface area contributed by atoms with Gasteiger partial charge in [-0.25, -0.2) is 13.2 Å². The Labute approximate surface area is 129 Å². The summed E-state index contributed by atoms with van der Waals surface area (Å²) in [7, 11) is -2.96. The second-order valence-corrected chi connectivity index (χ2v) is 8.95. The number of nitrogens with zero attached hydrogens (tertiary/aromatic N) is 1. The van der Waals surface area contributed by atoms with Gasteiger partial charge < -0.3 is 10.2 Å². The molecule has 2 unspecified atom stereocenters. The largest absolute Gasteiger partial charge is 0.334 e. The molecule has 2 amide bonds. The molecule has 2 atom stereocenters. The second kappa shape index (κ2) is 5.61. The standard InChI is InChI=1S/C14H20N2O3S2/c1-2-12-11-4-7-20-13(11)3-6-16(12)14(17)15-10-5-8-21(18,19)9-10/h4,7,10,12H,2-3,5-6,8-9H2,1H3,(H,15,17). The Hall–Kier alpha value is -1.08. The van der Waals surface area contributed by atoms with Gasteiger partial charge in [-0.3, -0.25) is 0 Å². The molecule has 1 aromatic heterocycles. The highest BCUT2D eigenvalue weighted by molar-refractivity contribution is 7.91. The van der Waals surface area contributed by atoms with Gasteiger partial charge in [0.25, 0.3) is 0 Å². The molecule has 1 N–H and O–H groups in total. The summed E-state index contributed by atoms with van der Waals surface area (Å²) >= 11 is 1.75. The fraction of sp³-hybridized carbons (Fsp3) is 0.643. The van der Waals surface area contributed by atoms with Crippen molar-refractivity contribution < 1.29 is 13.2 Å². The number of sulfone groups is 1. The van der Waals surface area contributed by atoms with Crippen LogP contribution in [0.5, 0.6) is 0 Å². The molecule has 0 saturated carbocycles. The van der Waals surface area contributed by atoms with Gasteiger partial charge in [-0.05, 0) is 36.3 Å². The number of urea groups is 1. The first-order chi connectivity index (χ1) is 10.00. The Morgan fingerprint density at radius 3 is 3.00 bits per heavy atom. The molecule has 1 fully saturated rings. The summed E-state index contributed by atoms with van der Waals surface area (Å²) in [6.45, 7) is 2.79. The van der Waals surface area contributed by atoms with Crippen molar-refractivity contribution in [3.63, 3.8) is 0 Å². The van der Waals surface area contributed by atoms with Crippen molar-refractivity contribution >= 4 is 27.2 Å². The van der Waals surface area contributed by atoms with Crippen LogP contribution in [0.4, 0.5) is 4.79 Å². The van der Waals surface area contributed by atoms with Gasteiger partial charge in [-0.1, -0.05) is 6.92 Å². The molecule has 3 rings (SSSR count). The van der Waals surface area contributed by atoms with E-state index in [0.29, 0.717) is 13.0 Å². The van der Waals surface area contributed by atoms with Crippen LogP contribution >= 0.6 is 11.3 Å². The average molecular weight is 328 g/mol. The number of fused-ring (bicyclic) bond motifs is 1. The number of carbonyl (C=O) groups excluding carboxylic acids is 1. The molecular formula is C14H20N2O3S2. The molecule has 1 aromatic rings. The third kappa shape index (κ3) is 2.94. The van der Waals surface area contributed by atoms with Gasteiger partial charge in [0.15, 0.2) is 9.84 Å². The first-order valence-corrected chi connectivity index (χ1v) is 10.0. The van der Waals surface area contributed by atoms with Crippen molar-refractivity contribution in [1.29, 1.82) is 0 Å². The number of rotatable bonds is 2. The van der Waals surface area contributed by atoms with Gasteiger partial charge in [-0.2, -0.15) is 0 Å². The Kier molecular flexibility index (Phi) is 3.96. The van der Waals surface area contributed by atoms with Crippen molar-refractivity contribution in [1.82, 2.24) is 10.2 Å². The van der Waals surface area contributed by atoms with E-state index in [0.717, 1.165) is 12.8 Å². The molecule has 2 aliphatic rings. The lowest BCUT2D eigenvalue weighted by Gasteiger charge is -2.36. The predicted octanol–water partition coefficient (Wildman–Crippen LogP) is 1.95. The van der Waals surface area contributed by atoms with Gasteiger partial charge in [0, 0.05) is 17.5 Å². The van der Waals surface area contributed by atoms with Crippen LogP contribution in [0.1, 0.15) is 36.2 Å². The lowest BCUT2D eigenvalue weighted by Crippen LogP contribution is -2.48. The van der Waals surface area contributed by atoms with Crippen molar-refractivity contribution in [3.05, 3.63) is 21.9 Å². The summed E-state index contributed by atoms with van der Waals surface area (Å²) in [6, 6.07) is 1.86. The second-order valence-electron chi connectivity index (χ2n) is 5.72. The smallest absolute Gasteiger partial charge is 0.318 e. The fourth-order valence-electron chi connectivity index (χ4n) is 3.25. The van der Waals surface area contributed by atoms with E-state index in [2.05, 4.69) is 23.7 Å². The summed E-state index contributed by atoms with van der Waals surface area (Å²) in [5.41, 5.74) is 1.25. The first-order valence-electron chi connectivity index (χ1n) is 7.34. The van der Waals surface area contributed by atoms with E-state index in [-0.39, 0.29) is 29.6 Å². The van der Waals surface area contributed by atoms with Crippen LogP contribution in [0.15, 0.2) is 11.4 Å². The lowest BCUT2D eigenvalue weighted by atomic mass is 9.98. The molecular weight excluding hydrogens is 308 g/mol. The minimum absolute atomic E-state index is 0.0765. The number of carbonyl (C=O) groups is 1. The summed E-state index contributed by atoms with van der Waals surface area (Å²) < 4.78 is 23.0. The van der Waals surface area contributed by atoms with Crippen LogP contribution in [0.3, 0.4) is 0 Å². The number of nitrogens with one attached hydrogen (secondary N) is 1. The van der Waals surface area contributed by atoms with Crippen LogP contribution in [-0.4, -0.2) is 43.4 Å². The third-order valence-electron chi connectivity index (χ3n) is 4.30. The zero-order valence-electron chi connectivity index (χ0n) is 12.0. The van der Waals surface area contributed by atoms with E-state index in [4.69, 9.17) is 0 Å². The summed E-state index contributed by atoms with van der Waals surface area (Å²) in [5, 5.41) is 4.98. The van der Waals surface area contributed by atoms with Gasteiger partial charge in [-0.15, -0.1) is 11.3 Å². The Morgan fingerprint density at radius 2 is 2.33 bits per heavy atom. The number of thiophene rings is 1. The van der Waals surface area contributed by atoms with Crippen LogP contribution in [0.25, 0.3) is 0 Å². The van der Waals surface area contributed by atoms with Crippen LogP contribution in [0, 0.1) is 0 Å². The summed E-state index contributed by atoms with van der Waals surface area (Å²) in [5.74, 6) is 0.261. The van der Waals surface area contributed by atoms with Crippen LogP contribution < -0.4 is 5.32 Å². The highest BCUT2D eigenvalue weighted by atomic mass is 32.2. The quantitative estimate of drug-likeness (QED) is 0.902. The fourth-order valence-corrected chi connectivity index (χ4v) is 5.85. The van der Waals surface area contributed by atoms with Gasteiger partial charge in [0.1, 0.15) is 0 Å². The maximum atomic E-state index is 12.5. The van der Waals surface area contributed by atoms with E-state index in [9.17, 15) is 13.2 Å². The predicted molar refractivity (Wildman–Crippen MR) is 83.4 cm³/mol. The molecule has 21 heavy (non-hydrogen) atoms. The van der Waals surface area contributed by atoms with Gasteiger partial charge >= 0.3 is 6.03 Å². The van der Waals surface area contributed by atoms with E-state index < -0.39 is 9.84 Å². The molecule has 7 heteroatoms. The molecule has 3 heterocycles. The van der Waals surface area contributed by atoms with E-state index in [1.165, 1.54) is 10.4 Å². The SMILES string of the molecule is CCC1c2ccsc2CCN1C(=O)NC1CCS(=O)(=O)C1. The molecule has 5 nitrogen and oxygen atoms in total. The minimum Gasteiger partial charge on any atom is -0.334 e. The zero-order valence-corrected chi connectivity index (χ0v) is 13.7. The van der Waals surface area contributed by atoms with Gasteiger partial charge in [0.05, 0.1) is 17.5 Å². The van der Waals surface area contributed by atoms with Crippen molar-refractivity contribution in [3.8, 4) is 0 Å². The molecule has 0 aliphatic carbocycles. The lowest BCUT2D eigenvalue weighted by molar-refractivity contribution is 0.165. The molecule has 0 spiro atoms. The number of amides is 2. The Balaban J connectivity index is 1.70. The van der Waals surface area contributed by atoms with Crippen molar-refractivity contribution in [2.24, 2.45) is 0 Å². The van der Waals surface area contributed by atoms with E-state index in [1.54, 1.807) is 11.3 Å². The Bertz CT molecular complexity index is 638. The first kappa shape index (κ1) is 14.8. The molecule has 1 saturated heterocycles. The van der Waals surface area contributed by atoms with Crippen molar-refractivity contribution in [2.75, 3.05) is 18.1 Å². The van der Waals surface area contributed by atoms with Gasteiger partial charge in [0.2, 0.25) is 0 Å². The van der Waals surface area contributed by atoms with Crippen LogP contribution in [-0.2, 0) is 16.3 Å². The molecule has 116 valence electrons. The monoisotopic (exact) mass is 328 g/mol. The highest BCUT2D eigenvalue weighted by Crippen LogP contribution is 2.35. The average Bonchev–Trinajstić information content (AvgIpc) is 3.03. The zero-order chi connectivity index (χ0) is 15.0. The van der Waals surface area contributed by atoms with Crippen LogP contribution in [0.2, 0.25) is 0 Å². The maximum absolute atomic E-state index is 12.5. The molecule has 0 aromatic carbocycles. The highest BCUT2D eigenvalue weighted by Gasteiger charge is 2.34. The normalized spacial score (nSPS) is 27.4. The van der Waals surface area contributed by atoms with E-state index in [1.807, 2.05) is 4.90 Å². The molecule has 0 bridgehead atoms. The summed E-state index contributed by atoms with van der Waals surface area (Å²) in [4.78, 5) is 15.7. The maximum Gasteiger partial charge on any atom is 0.318 e. The van der Waals surface area contributed by atoms with Crippen molar-refractivity contribution in [2.45, 2.75) is 38.3 Å². The minimum atomic E-state index is -2.96.